The van der Waals surface area contributed by atoms with Crippen LogP contribution in [-0.2, 0) is 10.2 Å². The topological polar surface area (TPSA) is 69.6 Å². The second kappa shape index (κ2) is 3.81. The van der Waals surface area contributed by atoms with Crippen molar-refractivity contribution in [2.75, 3.05) is 18.4 Å². The lowest BCUT2D eigenvalue weighted by Gasteiger charge is -2.33. The first kappa shape index (κ1) is 11.7. The Balaban J connectivity index is 2.12. The lowest BCUT2D eigenvalue weighted by Crippen LogP contribution is -2.49. The number of amides is 2. The molecule has 5 nitrogen and oxygen atoms in total. The van der Waals surface area contributed by atoms with Crippen molar-refractivity contribution in [3.8, 4) is 0 Å². The van der Waals surface area contributed by atoms with Crippen molar-refractivity contribution in [2.45, 2.75) is 5.41 Å². The molecule has 3 rings (SSSR count). The fourth-order valence-electron chi connectivity index (χ4n) is 2.62. The lowest BCUT2D eigenvalue weighted by molar-refractivity contribution is -0.119. The number of nitrogens with one attached hydrogen (secondary N) is 1. The Kier molecular flexibility index (Phi) is 2.35. The number of anilines is 1. The fraction of sp³-hybridized carbons (Fsp3) is 0.231. The number of carbonyl (C=O) groups excluding carboxylic acids is 1. The quantitative estimate of drug-likeness (QED) is 0.697. The lowest BCUT2D eigenvalue weighted by atomic mass is 9.79. The van der Waals surface area contributed by atoms with Crippen molar-refractivity contribution in [3.05, 3.63) is 41.7 Å². The highest BCUT2D eigenvalue weighted by Crippen LogP contribution is 2.41. The minimum atomic E-state index is -1.12. The first-order chi connectivity index (χ1) is 9.03. The van der Waals surface area contributed by atoms with E-state index in [0.29, 0.717) is 11.3 Å². The van der Waals surface area contributed by atoms with E-state index in [1.807, 2.05) is 0 Å². The highest BCUT2D eigenvalue weighted by Gasteiger charge is 2.48. The Morgan fingerprint density at radius 3 is 3.00 bits per heavy atom. The number of hydrogen-bond donors (Lipinski definition) is 2. The highest BCUT2D eigenvalue weighted by atomic mass is 19.1. The van der Waals surface area contributed by atoms with Gasteiger partial charge in [0.05, 0.1) is 0 Å². The molecule has 1 atom stereocenters. The molecule has 0 aromatic heterocycles. The van der Waals surface area contributed by atoms with Crippen molar-refractivity contribution < 1.29 is 19.1 Å². The molecule has 2 amide bonds. The van der Waals surface area contributed by atoms with Crippen LogP contribution in [0.3, 0.4) is 0 Å². The first-order valence-corrected chi connectivity index (χ1v) is 5.80. The summed E-state index contributed by atoms with van der Waals surface area (Å²) in [5.41, 5.74) is -0.100. The van der Waals surface area contributed by atoms with Crippen LogP contribution in [0.5, 0.6) is 0 Å². The second-order valence-corrected chi connectivity index (χ2v) is 4.68. The zero-order valence-corrected chi connectivity index (χ0v) is 9.89. The Morgan fingerprint density at radius 1 is 1.47 bits per heavy atom. The number of halogens is 1. The summed E-state index contributed by atoms with van der Waals surface area (Å²) in [5, 5.41) is 11.7. The molecule has 1 aromatic carbocycles. The third-order valence-corrected chi connectivity index (χ3v) is 3.55. The van der Waals surface area contributed by atoms with Gasteiger partial charge in [0.1, 0.15) is 11.2 Å². The maximum Gasteiger partial charge on any atom is 0.407 e. The number of nitrogens with zero attached hydrogens (tertiary/aromatic N) is 1. The Hall–Kier alpha value is -2.37. The summed E-state index contributed by atoms with van der Waals surface area (Å²) in [6, 6.07) is 4.04. The molecule has 0 aliphatic carbocycles. The SMILES string of the molecule is O=C(O)N1CC=CC2(C1)C(=O)Nc1ccc(F)cc12. The molecule has 1 unspecified atom stereocenters. The summed E-state index contributed by atoms with van der Waals surface area (Å²) in [7, 11) is 0. The number of carbonyl (C=O) groups is 2. The van der Waals surface area contributed by atoms with Crippen molar-refractivity contribution in [2.24, 2.45) is 0 Å². The zero-order chi connectivity index (χ0) is 13.6. The Bertz CT molecular complexity index is 614. The van der Waals surface area contributed by atoms with Crippen LogP contribution in [0, 0.1) is 5.82 Å². The van der Waals surface area contributed by atoms with Crippen LogP contribution in [-0.4, -0.2) is 35.1 Å². The normalized spacial score (nSPS) is 24.5. The molecule has 0 radical (unpaired) electrons. The summed E-state index contributed by atoms with van der Waals surface area (Å²) < 4.78 is 13.4. The predicted octanol–water partition coefficient (Wildman–Crippen LogP) is 1.57. The fourth-order valence-corrected chi connectivity index (χ4v) is 2.62. The summed E-state index contributed by atoms with van der Waals surface area (Å²) in [6.07, 6.45) is 2.19. The van der Waals surface area contributed by atoms with Crippen LogP contribution in [0.15, 0.2) is 30.4 Å². The Labute approximate surface area is 108 Å². The monoisotopic (exact) mass is 262 g/mol. The van der Waals surface area contributed by atoms with Gasteiger partial charge in [-0.25, -0.2) is 9.18 Å². The van der Waals surface area contributed by atoms with Crippen LogP contribution in [0.1, 0.15) is 5.56 Å². The van der Waals surface area contributed by atoms with E-state index in [-0.39, 0.29) is 19.0 Å². The van der Waals surface area contributed by atoms with Crippen molar-refractivity contribution in [1.29, 1.82) is 0 Å². The largest absolute Gasteiger partial charge is 0.465 e. The van der Waals surface area contributed by atoms with E-state index in [9.17, 15) is 14.0 Å². The van der Waals surface area contributed by atoms with Crippen molar-refractivity contribution >= 4 is 17.7 Å². The molecule has 98 valence electrons. The van der Waals surface area contributed by atoms with E-state index >= 15 is 0 Å². The van der Waals surface area contributed by atoms with Gasteiger partial charge >= 0.3 is 6.09 Å². The maximum absolute atomic E-state index is 13.4. The molecular formula is C13H11FN2O3. The minimum absolute atomic E-state index is 0.00111. The summed E-state index contributed by atoms with van der Waals surface area (Å²) in [6.45, 7) is 0.232. The molecular weight excluding hydrogens is 251 g/mol. The molecule has 2 N–H and O–H groups in total. The van der Waals surface area contributed by atoms with Gasteiger partial charge in [-0.1, -0.05) is 12.2 Å². The average Bonchev–Trinajstić information content (AvgIpc) is 2.63. The molecule has 0 saturated heterocycles. The van der Waals surface area contributed by atoms with Gasteiger partial charge in [-0.3, -0.25) is 4.79 Å². The maximum atomic E-state index is 13.4. The molecule has 19 heavy (non-hydrogen) atoms. The highest BCUT2D eigenvalue weighted by molar-refractivity contribution is 6.08. The van der Waals surface area contributed by atoms with E-state index in [2.05, 4.69) is 5.32 Å². The van der Waals surface area contributed by atoms with Crippen LogP contribution < -0.4 is 5.32 Å². The third-order valence-electron chi connectivity index (χ3n) is 3.55. The van der Waals surface area contributed by atoms with E-state index in [0.717, 1.165) is 4.90 Å². The zero-order valence-electron chi connectivity index (χ0n) is 9.89. The molecule has 2 aliphatic rings. The standard InChI is InChI=1S/C13H11FN2O3/c14-8-2-3-10-9(6-8)13(11(17)15-10)4-1-5-16(7-13)12(18)19/h1-4,6H,5,7H2,(H,15,17)(H,18,19). The molecule has 2 aliphatic heterocycles. The van der Waals surface area contributed by atoms with Crippen LogP contribution >= 0.6 is 0 Å². The second-order valence-electron chi connectivity index (χ2n) is 4.68. The molecule has 6 heteroatoms. The molecule has 1 aromatic rings. The van der Waals surface area contributed by atoms with Crippen molar-refractivity contribution in [3.63, 3.8) is 0 Å². The van der Waals surface area contributed by atoms with Crippen molar-refractivity contribution in [1.82, 2.24) is 4.90 Å². The Morgan fingerprint density at radius 2 is 2.26 bits per heavy atom. The average molecular weight is 262 g/mol. The molecule has 1 spiro atoms. The number of rotatable bonds is 0. The predicted molar refractivity (Wildman–Crippen MR) is 65.4 cm³/mol. The van der Waals surface area contributed by atoms with Crippen LogP contribution in [0.2, 0.25) is 0 Å². The van der Waals surface area contributed by atoms with Gasteiger partial charge < -0.3 is 15.3 Å². The molecule has 0 saturated carbocycles. The molecule has 0 bridgehead atoms. The van der Waals surface area contributed by atoms with Gasteiger partial charge in [-0.2, -0.15) is 0 Å². The number of benzene rings is 1. The van der Waals surface area contributed by atoms with E-state index in [1.54, 1.807) is 12.2 Å². The van der Waals surface area contributed by atoms with Gasteiger partial charge in [0.15, 0.2) is 0 Å². The third kappa shape index (κ3) is 1.60. The van der Waals surface area contributed by atoms with E-state index in [4.69, 9.17) is 5.11 Å². The summed E-state index contributed by atoms with van der Waals surface area (Å²) >= 11 is 0. The first-order valence-electron chi connectivity index (χ1n) is 5.80. The van der Waals surface area contributed by atoms with Crippen LogP contribution in [0.4, 0.5) is 14.9 Å². The number of hydrogen-bond acceptors (Lipinski definition) is 2. The van der Waals surface area contributed by atoms with Gasteiger partial charge in [-0.05, 0) is 23.8 Å². The van der Waals surface area contributed by atoms with Gasteiger partial charge in [0.25, 0.3) is 0 Å². The molecule has 2 heterocycles. The van der Waals surface area contributed by atoms with Gasteiger partial charge in [0.2, 0.25) is 5.91 Å². The van der Waals surface area contributed by atoms with Crippen LogP contribution in [0.25, 0.3) is 0 Å². The smallest absolute Gasteiger partial charge is 0.407 e. The molecule has 0 fully saturated rings. The number of fused-ring (bicyclic) bond motifs is 2. The van der Waals surface area contributed by atoms with E-state index in [1.165, 1.54) is 18.2 Å². The summed E-state index contributed by atoms with van der Waals surface area (Å²) in [5.74, 6) is -0.772. The minimum Gasteiger partial charge on any atom is -0.465 e. The van der Waals surface area contributed by atoms with Gasteiger partial charge in [0, 0.05) is 18.8 Å². The number of carboxylic acid groups (broad SMARTS) is 1. The van der Waals surface area contributed by atoms with Gasteiger partial charge in [-0.15, -0.1) is 0 Å². The summed E-state index contributed by atoms with van der Waals surface area (Å²) in [4.78, 5) is 24.4. The van der Waals surface area contributed by atoms with E-state index < -0.39 is 17.3 Å².